The minimum Gasteiger partial charge on any atom is -0.508 e. The lowest BCUT2D eigenvalue weighted by molar-refractivity contribution is 0.183. The van der Waals surface area contributed by atoms with E-state index < -0.39 is 6.09 Å². The summed E-state index contributed by atoms with van der Waals surface area (Å²) < 4.78 is 14.9. The monoisotopic (exact) mass is 440 g/mol. The maximum Gasteiger partial charge on any atom is 0.434 e. The van der Waals surface area contributed by atoms with E-state index in [2.05, 4.69) is 24.9 Å². The molecule has 0 unspecified atom stereocenters. The van der Waals surface area contributed by atoms with E-state index in [0.29, 0.717) is 39.5 Å². The average molecular weight is 440 g/mol. The van der Waals surface area contributed by atoms with E-state index in [9.17, 15) is 9.90 Å². The Bertz CT molecular complexity index is 1140. The molecule has 0 atom stereocenters. The Morgan fingerprint density at radius 2 is 1.90 bits per heavy atom. The van der Waals surface area contributed by atoms with Gasteiger partial charge in [0, 0.05) is 24.1 Å². The molecule has 0 fully saturated rings. The highest BCUT2D eigenvalue weighted by Crippen LogP contribution is 2.26. The van der Waals surface area contributed by atoms with E-state index in [1.807, 2.05) is 0 Å². The zero-order valence-corrected chi connectivity index (χ0v) is 18.1. The van der Waals surface area contributed by atoms with E-state index in [1.54, 1.807) is 43.5 Å². The first-order valence-corrected chi connectivity index (χ1v) is 10.2. The number of methoxy groups -OCH3 is 2. The first-order valence-electron chi connectivity index (χ1n) is 9.02. The summed E-state index contributed by atoms with van der Waals surface area (Å²) in [5.41, 5.74) is 2.25. The molecule has 3 aromatic rings. The summed E-state index contributed by atoms with van der Waals surface area (Å²) in [5, 5.41) is 14.3. The molecule has 1 amide bonds. The highest BCUT2D eigenvalue weighted by molar-refractivity contribution is 8.15. The summed E-state index contributed by atoms with van der Waals surface area (Å²) >= 11 is 1.22. The summed E-state index contributed by atoms with van der Waals surface area (Å²) in [7, 11) is 2.74. The molecular formula is C21H20N4O5S. The number of hydrogen-bond donors (Lipinski definition) is 1. The summed E-state index contributed by atoms with van der Waals surface area (Å²) in [6, 6.07) is 11.8. The van der Waals surface area contributed by atoms with E-state index in [0.717, 1.165) is 5.56 Å². The van der Waals surface area contributed by atoms with Crippen LogP contribution in [0.2, 0.25) is 0 Å². The average Bonchev–Trinajstić information content (AvgIpc) is 3.22. The van der Waals surface area contributed by atoms with Crippen LogP contribution in [0.25, 0.3) is 11.4 Å². The van der Waals surface area contributed by atoms with Crippen molar-refractivity contribution in [1.29, 1.82) is 0 Å². The van der Waals surface area contributed by atoms with Gasteiger partial charge in [-0.2, -0.15) is 9.98 Å². The predicted octanol–water partition coefficient (Wildman–Crippen LogP) is 4.41. The Kier molecular flexibility index (Phi) is 7.03. The van der Waals surface area contributed by atoms with Gasteiger partial charge in [0.05, 0.1) is 19.9 Å². The van der Waals surface area contributed by atoms with Crippen molar-refractivity contribution in [2.24, 2.45) is 9.98 Å². The van der Waals surface area contributed by atoms with Gasteiger partial charge in [0.1, 0.15) is 22.3 Å². The third-order valence-corrected chi connectivity index (χ3v) is 4.73. The van der Waals surface area contributed by atoms with Crippen LogP contribution in [0.1, 0.15) is 11.5 Å². The largest absolute Gasteiger partial charge is 0.508 e. The summed E-state index contributed by atoms with van der Waals surface area (Å²) in [6.07, 6.45) is 1.01. The number of phenols is 1. The molecule has 0 bridgehead atoms. The van der Waals surface area contributed by atoms with E-state index in [1.165, 1.54) is 38.1 Å². The van der Waals surface area contributed by atoms with Crippen molar-refractivity contribution >= 4 is 34.3 Å². The molecule has 3 rings (SSSR count). The van der Waals surface area contributed by atoms with Crippen molar-refractivity contribution in [1.82, 2.24) is 10.1 Å². The number of aliphatic imine (C=N–C) groups is 2. The van der Waals surface area contributed by atoms with E-state index >= 15 is 0 Å². The minimum absolute atomic E-state index is 0.0107. The Morgan fingerprint density at radius 3 is 2.48 bits per heavy atom. The summed E-state index contributed by atoms with van der Waals surface area (Å²) in [6.45, 7) is 1.72. The molecule has 1 aromatic heterocycles. The highest BCUT2D eigenvalue weighted by Gasteiger charge is 2.16. The second kappa shape index (κ2) is 9.90. The normalized spacial score (nSPS) is 12.0. The Morgan fingerprint density at radius 1 is 1.16 bits per heavy atom. The molecule has 0 radical (unpaired) electrons. The SMILES string of the molecule is COC(=O)/N=C(SC)/C(=N/c1ccc(-c2noc(C)n2)cc1)c1cc(O)cc(OC)c1. The molecule has 1 heterocycles. The molecule has 0 aliphatic heterocycles. The van der Waals surface area contributed by atoms with Gasteiger partial charge in [-0.25, -0.2) is 9.79 Å². The fourth-order valence-electron chi connectivity index (χ4n) is 2.63. The lowest BCUT2D eigenvalue weighted by Crippen LogP contribution is -2.14. The number of rotatable bonds is 5. The van der Waals surface area contributed by atoms with Crippen LogP contribution in [0.4, 0.5) is 10.5 Å². The third kappa shape index (κ3) is 5.48. The first kappa shape index (κ1) is 22.0. The van der Waals surface area contributed by atoms with Crippen LogP contribution >= 0.6 is 11.8 Å². The fraction of sp³-hybridized carbons (Fsp3) is 0.190. The number of carbonyl (C=O) groups excluding carboxylic acids is 1. The first-order chi connectivity index (χ1) is 14.9. The standard InChI is InChI=1S/C21H20N4O5S/c1-12-22-19(25-30-12)13-5-7-15(8-6-13)23-18(20(31-4)24-21(27)29-3)14-9-16(26)11-17(10-14)28-2/h5-11,26H,1-4H3/b23-18+,24-20-. The van der Waals surface area contributed by atoms with Crippen molar-refractivity contribution < 1.29 is 23.9 Å². The zero-order valence-electron chi connectivity index (χ0n) is 17.3. The predicted molar refractivity (Wildman–Crippen MR) is 119 cm³/mol. The number of phenolic OH excluding ortho intramolecular Hbond substituents is 1. The Hall–Kier alpha value is -3.66. The van der Waals surface area contributed by atoms with Gasteiger partial charge in [-0.15, -0.1) is 11.8 Å². The number of nitrogens with zero attached hydrogens (tertiary/aromatic N) is 4. The van der Waals surface area contributed by atoms with Crippen LogP contribution < -0.4 is 4.74 Å². The molecule has 0 spiro atoms. The van der Waals surface area contributed by atoms with E-state index in [-0.39, 0.29) is 5.75 Å². The number of aromatic nitrogens is 2. The van der Waals surface area contributed by atoms with Gasteiger partial charge in [-0.3, -0.25) is 0 Å². The molecule has 10 heteroatoms. The number of ether oxygens (including phenoxy) is 2. The quantitative estimate of drug-likeness (QED) is 0.458. The van der Waals surface area contributed by atoms with Crippen molar-refractivity contribution in [3.05, 3.63) is 53.9 Å². The number of hydrogen-bond acceptors (Lipinski definition) is 9. The minimum atomic E-state index is -0.757. The molecule has 1 N–H and O–H groups in total. The van der Waals surface area contributed by atoms with Gasteiger partial charge in [0.15, 0.2) is 0 Å². The lowest BCUT2D eigenvalue weighted by atomic mass is 10.1. The van der Waals surface area contributed by atoms with Crippen LogP contribution in [0, 0.1) is 6.92 Å². The van der Waals surface area contributed by atoms with Crippen molar-refractivity contribution in [2.45, 2.75) is 6.92 Å². The molecule has 31 heavy (non-hydrogen) atoms. The molecule has 2 aromatic carbocycles. The number of thioether (sulfide) groups is 1. The van der Waals surface area contributed by atoms with Crippen LogP contribution in [-0.2, 0) is 4.74 Å². The van der Waals surface area contributed by atoms with Gasteiger partial charge < -0.3 is 19.1 Å². The molecule has 0 aliphatic carbocycles. The van der Waals surface area contributed by atoms with Crippen LogP contribution in [-0.4, -0.2) is 52.6 Å². The highest BCUT2D eigenvalue weighted by atomic mass is 32.2. The zero-order chi connectivity index (χ0) is 22.4. The van der Waals surface area contributed by atoms with Gasteiger partial charge >= 0.3 is 6.09 Å². The molecule has 0 saturated carbocycles. The molecule has 9 nitrogen and oxygen atoms in total. The van der Waals surface area contributed by atoms with E-state index in [4.69, 9.17) is 9.26 Å². The van der Waals surface area contributed by atoms with Crippen LogP contribution in [0.15, 0.2) is 57.0 Å². The third-order valence-electron chi connectivity index (χ3n) is 4.06. The van der Waals surface area contributed by atoms with Gasteiger partial charge in [-0.1, -0.05) is 5.16 Å². The summed E-state index contributed by atoms with van der Waals surface area (Å²) in [4.78, 5) is 24.6. The van der Waals surface area contributed by atoms with Crippen molar-refractivity contribution in [3.63, 3.8) is 0 Å². The van der Waals surface area contributed by atoms with Gasteiger partial charge in [-0.05, 0) is 42.7 Å². The second-order valence-electron chi connectivity index (χ2n) is 6.16. The fourth-order valence-corrected chi connectivity index (χ4v) is 3.15. The smallest absolute Gasteiger partial charge is 0.434 e. The van der Waals surface area contributed by atoms with Crippen LogP contribution in [0.5, 0.6) is 11.5 Å². The Labute approximate surface area is 182 Å². The topological polar surface area (TPSA) is 119 Å². The van der Waals surface area contributed by atoms with Crippen molar-refractivity contribution in [2.75, 3.05) is 20.5 Å². The molecule has 160 valence electrons. The molecule has 0 aliphatic rings. The number of amides is 1. The lowest BCUT2D eigenvalue weighted by Gasteiger charge is -2.11. The van der Waals surface area contributed by atoms with Gasteiger partial charge in [0.25, 0.3) is 0 Å². The maximum atomic E-state index is 11.8. The second-order valence-corrected chi connectivity index (χ2v) is 6.95. The van der Waals surface area contributed by atoms with Crippen LogP contribution in [0.3, 0.4) is 0 Å². The summed E-state index contributed by atoms with van der Waals surface area (Å²) in [5.74, 6) is 1.37. The maximum absolute atomic E-state index is 11.8. The molecular weight excluding hydrogens is 420 g/mol. The number of aromatic hydroxyl groups is 1. The van der Waals surface area contributed by atoms with Crippen molar-refractivity contribution in [3.8, 4) is 22.9 Å². The Balaban J connectivity index is 2.09. The number of carbonyl (C=O) groups is 1. The number of aryl methyl sites for hydroxylation is 1. The molecule has 0 saturated heterocycles. The van der Waals surface area contributed by atoms with Gasteiger partial charge in [0.2, 0.25) is 11.7 Å². The number of benzene rings is 2.